The number of hydrazone groups is 1. The molecule has 2 aromatic rings. The van der Waals surface area contributed by atoms with Crippen molar-refractivity contribution in [2.24, 2.45) is 5.10 Å². The van der Waals surface area contributed by atoms with E-state index in [1.54, 1.807) is 18.3 Å². The van der Waals surface area contributed by atoms with E-state index in [1.165, 1.54) is 5.56 Å². The van der Waals surface area contributed by atoms with E-state index in [0.717, 1.165) is 11.3 Å². The molecule has 18 heavy (non-hydrogen) atoms. The van der Waals surface area contributed by atoms with Crippen molar-refractivity contribution in [3.05, 3.63) is 59.2 Å². The average molecular weight is 240 g/mol. The number of benzene rings is 2. The second kappa shape index (κ2) is 5.36. The molecular formula is C15H16N2O. The van der Waals surface area contributed by atoms with Crippen molar-refractivity contribution >= 4 is 11.9 Å². The molecule has 0 fully saturated rings. The summed E-state index contributed by atoms with van der Waals surface area (Å²) in [5.41, 5.74) is 7.00. The van der Waals surface area contributed by atoms with Gasteiger partial charge < -0.3 is 5.11 Å². The number of anilines is 1. The molecule has 92 valence electrons. The van der Waals surface area contributed by atoms with Gasteiger partial charge in [-0.3, -0.25) is 5.43 Å². The Bertz CT molecular complexity index is 576. The van der Waals surface area contributed by atoms with Crippen LogP contribution < -0.4 is 5.43 Å². The normalized spacial score (nSPS) is 10.8. The van der Waals surface area contributed by atoms with Gasteiger partial charge in [0.25, 0.3) is 0 Å². The molecule has 0 aliphatic rings. The van der Waals surface area contributed by atoms with Crippen LogP contribution in [-0.2, 0) is 0 Å². The van der Waals surface area contributed by atoms with Crippen LogP contribution in [0.15, 0.2) is 47.6 Å². The molecule has 0 saturated carbocycles. The number of nitrogens with one attached hydrogen (secondary N) is 1. The van der Waals surface area contributed by atoms with Crippen LogP contribution in [0.2, 0.25) is 0 Å². The summed E-state index contributed by atoms with van der Waals surface area (Å²) >= 11 is 0. The topological polar surface area (TPSA) is 44.6 Å². The Morgan fingerprint density at radius 1 is 1.11 bits per heavy atom. The lowest BCUT2D eigenvalue weighted by atomic mass is 10.1. The first-order chi connectivity index (χ1) is 8.66. The standard InChI is InChI=1S/C15H16N2O/c1-11-7-8-14(12(2)9-11)17-16-10-13-5-3-4-6-15(13)18/h3-10,17-18H,1-2H3. The molecule has 3 heteroatoms. The van der Waals surface area contributed by atoms with Crippen LogP contribution in [0.1, 0.15) is 16.7 Å². The molecule has 0 saturated heterocycles. The molecule has 0 bridgehead atoms. The molecule has 0 spiro atoms. The lowest BCUT2D eigenvalue weighted by Crippen LogP contribution is -1.93. The van der Waals surface area contributed by atoms with Crippen molar-refractivity contribution < 1.29 is 5.11 Å². The first kappa shape index (κ1) is 12.2. The Labute approximate surface area is 107 Å². The third kappa shape index (κ3) is 2.88. The highest BCUT2D eigenvalue weighted by Gasteiger charge is 1.97. The molecule has 0 aliphatic carbocycles. The molecule has 2 rings (SSSR count). The largest absolute Gasteiger partial charge is 0.507 e. The van der Waals surface area contributed by atoms with Gasteiger partial charge in [-0.15, -0.1) is 0 Å². The molecular weight excluding hydrogens is 224 g/mol. The first-order valence-corrected chi connectivity index (χ1v) is 5.81. The number of phenols is 1. The number of hydrogen-bond donors (Lipinski definition) is 2. The second-order valence-corrected chi connectivity index (χ2v) is 4.25. The summed E-state index contributed by atoms with van der Waals surface area (Å²) in [7, 11) is 0. The van der Waals surface area contributed by atoms with Gasteiger partial charge in [0.05, 0.1) is 11.9 Å². The molecule has 0 atom stereocenters. The van der Waals surface area contributed by atoms with Crippen molar-refractivity contribution in [2.45, 2.75) is 13.8 Å². The van der Waals surface area contributed by atoms with Crippen molar-refractivity contribution in [1.82, 2.24) is 0 Å². The van der Waals surface area contributed by atoms with Crippen LogP contribution in [0.25, 0.3) is 0 Å². The van der Waals surface area contributed by atoms with E-state index in [9.17, 15) is 5.11 Å². The minimum atomic E-state index is 0.226. The summed E-state index contributed by atoms with van der Waals surface area (Å²) in [4.78, 5) is 0. The van der Waals surface area contributed by atoms with Crippen LogP contribution in [-0.4, -0.2) is 11.3 Å². The zero-order valence-corrected chi connectivity index (χ0v) is 10.5. The third-order valence-corrected chi connectivity index (χ3v) is 2.71. The number of para-hydroxylation sites is 1. The van der Waals surface area contributed by atoms with Gasteiger partial charge in [-0.25, -0.2) is 0 Å². The molecule has 0 heterocycles. The summed E-state index contributed by atoms with van der Waals surface area (Å²) in [5, 5.41) is 13.7. The Balaban J connectivity index is 2.10. The number of aryl methyl sites for hydroxylation is 2. The maximum Gasteiger partial charge on any atom is 0.124 e. The van der Waals surface area contributed by atoms with Crippen molar-refractivity contribution in [3.8, 4) is 5.75 Å². The monoisotopic (exact) mass is 240 g/mol. The maximum atomic E-state index is 9.58. The molecule has 0 unspecified atom stereocenters. The molecule has 3 nitrogen and oxygen atoms in total. The van der Waals surface area contributed by atoms with Crippen LogP contribution in [0.3, 0.4) is 0 Å². The highest BCUT2D eigenvalue weighted by Crippen LogP contribution is 2.16. The Morgan fingerprint density at radius 3 is 2.61 bits per heavy atom. The number of nitrogens with zero attached hydrogens (tertiary/aromatic N) is 1. The predicted octanol–water partition coefficient (Wildman–Crippen LogP) is 3.46. The van der Waals surface area contributed by atoms with Crippen LogP contribution in [0, 0.1) is 13.8 Å². The van der Waals surface area contributed by atoms with Gasteiger partial charge in [0.1, 0.15) is 5.75 Å². The quantitative estimate of drug-likeness (QED) is 0.637. The minimum Gasteiger partial charge on any atom is -0.507 e. The lowest BCUT2D eigenvalue weighted by molar-refractivity contribution is 0.474. The van der Waals surface area contributed by atoms with E-state index in [0.29, 0.717) is 5.56 Å². The van der Waals surface area contributed by atoms with Crippen LogP contribution >= 0.6 is 0 Å². The van der Waals surface area contributed by atoms with Gasteiger partial charge in [-0.05, 0) is 37.6 Å². The molecule has 0 aromatic heterocycles. The van der Waals surface area contributed by atoms with Gasteiger partial charge >= 0.3 is 0 Å². The number of phenolic OH excluding ortho intramolecular Hbond substituents is 1. The molecule has 0 aliphatic heterocycles. The maximum absolute atomic E-state index is 9.58. The fraction of sp³-hybridized carbons (Fsp3) is 0.133. The van der Waals surface area contributed by atoms with Crippen molar-refractivity contribution in [2.75, 3.05) is 5.43 Å². The molecule has 2 aromatic carbocycles. The molecule has 2 N–H and O–H groups in total. The zero-order valence-electron chi connectivity index (χ0n) is 10.5. The smallest absolute Gasteiger partial charge is 0.124 e. The summed E-state index contributed by atoms with van der Waals surface area (Å²) in [6.07, 6.45) is 1.61. The number of aromatic hydroxyl groups is 1. The zero-order chi connectivity index (χ0) is 13.0. The van der Waals surface area contributed by atoms with Crippen LogP contribution in [0.5, 0.6) is 5.75 Å². The number of rotatable bonds is 3. The summed E-state index contributed by atoms with van der Waals surface area (Å²) in [6, 6.07) is 13.2. The SMILES string of the molecule is Cc1ccc(NN=Cc2ccccc2O)c(C)c1. The second-order valence-electron chi connectivity index (χ2n) is 4.25. The van der Waals surface area contributed by atoms with E-state index in [-0.39, 0.29) is 5.75 Å². The Morgan fingerprint density at radius 2 is 1.89 bits per heavy atom. The minimum absolute atomic E-state index is 0.226. The van der Waals surface area contributed by atoms with Gasteiger partial charge in [0.2, 0.25) is 0 Å². The molecule has 0 radical (unpaired) electrons. The van der Waals surface area contributed by atoms with Crippen molar-refractivity contribution in [3.63, 3.8) is 0 Å². The van der Waals surface area contributed by atoms with E-state index in [2.05, 4.69) is 23.5 Å². The number of hydrogen-bond acceptors (Lipinski definition) is 3. The van der Waals surface area contributed by atoms with Gasteiger partial charge in [0, 0.05) is 5.56 Å². The van der Waals surface area contributed by atoms with E-state index in [1.807, 2.05) is 31.2 Å². The van der Waals surface area contributed by atoms with E-state index < -0.39 is 0 Å². The highest BCUT2D eigenvalue weighted by molar-refractivity contribution is 5.83. The Kier molecular flexibility index (Phi) is 3.63. The first-order valence-electron chi connectivity index (χ1n) is 5.81. The van der Waals surface area contributed by atoms with E-state index >= 15 is 0 Å². The Hall–Kier alpha value is -2.29. The average Bonchev–Trinajstić information content (AvgIpc) is 2.34. The molecule has 0 amide bonds. The third-order valence-electron chi connectivity index (χ3n) is 2.71. The van der Waals surface area contributed by atoms with Gasteiger partial charge in [-0.2, -0.15) is 5.10 Å². The summed E-state index contributed by atoms with van der Waals surface area (Å²) in [5.74, 6) is 0.226. The fourth-order valence-electron chi connectivity index (χ4n) is 1.71. The summed E-state index contributed by atoms with van der Waals surface area (Å²) in [6.45, 7) is 4.09. The van der Waals surface area contributed by atoms with E-state index in [4.69, 9.17) is 0 Å². The highest BCUT2D eigenvalue weighted by atomic mass is 16.3. The fourth-order valence-corrected chi connectivity index (χ4v) is 1.71. The van der Waals surface area contributed by atoms with Crippen LogP contribution in [0.4, 0.5) is 5.69 Å². The lowest BCUT2D eigenvalue weighted by Gasteiger charge is -2.05. The van der Waals surface area contributed by atoms with Gasteiger partial charge in [-0.1, -0.05) is 29.8 Å². The van der Waals surface area contributed by atoms with Crippen molar-refractivity contribution in [1.29, 1.82) is 0 Å². The predicted molar refractivity (Wildman–Crippen MR) is 75.2 cm³/mol. The van der Waals surface area contributed by atoms with Gasteiger partial charge in [0.15, 0.2) is 0 Å². The summed E-state index contributed by atoms with van der Waals surface area (Å²) < 4.78 is 0.